The molecule has 0 aromatic carbocycles. The van der Waals surface area contributed by atoms with E-state index >= 15 is 0 Å². The molecule has 1 amide bonds. The van der Waals surface area contributed by atoms with Crippen LogP contribution in [0.25, 0.3) is 11.4 Å². The second-order valence-electron chi connectivity index (χ2n) is 6.90. The summed E-state index contributed by atoms with van der Waals surface area (Å²) < 4.78 is 5.41. The number of aromatic amines is 1. The van der Waals surface area contributed by atoms with Crippen LogP contribution in [0.3, 0.4) is 0 Å². The maximum atomic E-state index is 12.3. The van der Waals surface area contributed by atoms with E-state index in [4.69, 9.17) is 4.74 Å². The van der Waals surface area contributed by atoms with Crippen LogP contribution >= 0.6 is 0 Å². The Bertz CT molecular complexity index is 777. The van der Waals surface area contributed by atoms with Gasteiger partial charge in [-0.2, -0.15) is 0 Å². The lowest BCUT2D eigenvalue weighted by Crippen LogP contribution is -2.32. The standard InChI is InChI=1S/C17H22N4O2/c1-9-6-10(2)19-16(23-5)12(9)14-20-11-7-17(3,4)8-18-15(22)13(11)21-14/h6H,7-8H2,1-5H3,(H,18,22)(H,20,21). The van der Waals surface area contributed by atoms with E-state index in [9.17, 15) is 4.79 Å². The lowest BCUT2D eigenvalue weighted by atomic mass is 9.88. The van der Waals surface area contributed by atoms with Gasteiger partial charge in [-0.1, -0.05) is 13.8 Å². The lowest BCUT2D eigenvalue weighted by molar-refractivity contribution is 0.0940. The molecule has 0 saturated heterocycles. The Balaban J connectivity index is 2.14. The summed E-state index contributed by atoms with van der Waals surface area (Å²) in [7, 11) is 1.59. The monoisotopic (exact) mass is 314 g/mol. The molecule has 3 heterocycles. The summed E-state index contributed by atoms with van der Waals surface area (Å²) in [5, 5.41) is 2.94. The number of carbonyl (C=O) groups is 1. The number of nitrogens with zero attached hydrogens (tertiary/aromatic N) is 2. The molecule has 0 radical (unpaired) electrons. The third kappa shape index (κ3) is 2.81. The highest BCUT2D eigenvalue weighted by Crippen LogP contribution is 2.33. The van der Waals surface area contributed by atoms with Gasteiger partial charge in [0, 0.05) is 17.9 Å². The molecule has 122 valence electrons. The summed E-state index contributed by atoms with van der Waals surface area (Å²) >= 11 is 0. The molecule has 0 bridgehead atoms. The van der Waals surface area contributed by atoms with Crippen LogP contribution in [0.1, 0.15) is 41.3 Å². The molecule has 0 spiro atoms. The average molecular weight is 314 g/mol. The van der Waals surface area contributed by atoms with Crippen LogP contribution in [0.5, 0.6) is 5.88 Å². The van der Waals surface area contributed by atoms with Crippen molar-refractivity contribution >= 4 is 5.91 Å². The first-order chi connectivity index (χ1) is 10.8. The van der Waals surface area contributed by atoms with Crippen LogP contribution in [0, 0.1) is 19.3 Å². The number of imidazole rings is 1. The van der Waals surface area contributed by atoms with Crippen molar-refractivity contribution < 1.29 is 9.53 Å². The highest BCUT2D eigenvalue weighted by molar-refractivity contribution is 5.94. The molecule has 23 heavy (non-hydrogen) atoms. The number of aromatic nitrogens is 3. The van der Waals surface area contributed by atoms with E-state index in [1.165, 1.54) is 0 Å². The maximum Gasteiger partial charge on any atom is 0.271 e. The smallest absolute Gasteiger partial charge is 0.271 e. The van der Waals surface area contributed by atoms with Crippen molar-refractivity contribution in [1.82, 2.24) is 20.3 Å². The normalized spacial score (nSPS) is 16.5. The van der Waals surface area contributed by atoms with Crippen molar-refractivity contribution in [3.8, 4) is 17.3 Å². The fraction of sp³-hybridized carbons (Fsp3) is 0.471. The zero-order valence-electron chi connectivity index (χ0n) is 14.2. The number of ether oxygens (including phenoxy) is 1. The van der Waals surface area contributed by atoms with Gasteiger partial charge >= 0.3 is 0 Å². The van der Waals surface area contributed by atoms with Gasteiger partial charge in [0.2, 0.25) is 5.88 Å². The third-order valence-electron chi connectivity index (χ3n) is 4.12. The van der Waals surface area contributed by atoms with Crippen LogP contribution in [-0.4, -0.2) is 34.5 Å². The molecule has 0 fully saturated rings. The largest absolute Gasteiger partial charge is 0.480 e. The molecule has 6 heteroatoms. The number of methoxy groups -OCH3 is 1. The first-order valence-electron chi connectivity index (χ1n) is 7.70. The number of amides is 1. The lowest BCUT2D eigenvalue weighted by Gasteiger charge is -2.21. The zero-order valence-corrected chi connectivity index (χ0v) is 14.2. The minimum atomic E-state index is -0.134. The van der Waals surface area contributed by atoms with Gasteiger partial charge in [0.05, 0.1) is 12.7 Å². The van der Waals surface area contributed by atoms with Crippen LogP contribution in [0.2, 0.25) is 0 Å². The molecule has 2 aromatic rings. The van der Waals surface area contributed by atoms with Crippen molar-refractivity contribution in [2.24, 2.45) is 5.41 Å². The first kappa shape index (κ1) is 15.5. The van der Waals surface area contributed by atoms with Crippen LogP contribution in [0.4, 0.5) is 0 Å². The number of hydrogen-bond acceptors (Lipinski definition) is 4. The molecule has 1 aliphatic heterocycles. The van der Waals surface area contributed by atoms with Gasteiger partial charge in [0.25, 0.3) is 5.91 Å². The Hall–Kier alpha value is -2.37. The molecule has 2 N–H and O–H groups in total. The number of hydrogen-bond donors (Lipinski definition) is 2. The van der Waals surface area contributed by atoms with Crippen molar-refractivity contribution in [3.63, 3.8) is 0 Å². The zero-order chi connectivity index (χ0) is 16.8. The van der Waals surface area contributed by atoms with Crippen molar-refractivity contribution in [2.45, 2.75) is 34.1 Å². The van der Waals surface area contributed by atoms with Crippen molar-refractivity contribution in [1.29, 1.82) is 0 Å². The summed E-state index contributed by atoms with van der Waals surface area (Å²) in [4.78, 5) is 24.6. The second-order valence-corrected chi connectivity index (χ2v) is 6.90. The Kier molecular flexibility index (Phi) is 3.62. The Morgan fingerprint density at radius 2 is 2.00 bits per heavy atom. The summed E-state index contributed by atoms with van der Waals surface area (Å²) in [6.45, 7) is 8.81. The first-order valence-corrected chi connectivity index (χ1v) is 7.70. The Morgan fingerprint density at radius 1 is 1.26 bits per heavy atom. The molecule has 6 nitrogen and oxygen atoms in total. The SMILES string of the molecule is COc1nc(C)cc(C)c1-c1nc2c([nH]1)CC(C)(C)CNC2=O. The summed E-state index contributed by atoms with van der Waals surface area (Å²) in [5.74, 6) is 1.01. The molecule has 0 saturated carbocycles. The summed E-state index contributed by atoms with van der Waals surface area (Å²) in [6, 6.07) is 1.98. The number of pyridine rings is 1. The van der Waals surface area contributed by atoms with Gasteiger partial charge in [-0.15, -0.1) is 0 Å². The van der Waals surface area contributed by atoms with E-state index in [2.05, 4.69) is 34.1 Å². The maximum absolute atomic E-state index is 12.3. The van der Waals surface area contributed by atoms with Crippen LogP contribution in [-0.2, 0) is 6.42 Å². The van der Waals surface area contributed by atoms with E-state index in [1.807, 2.05) is 19.9 Å². The van der Waals surface area contributed by atoms with Crippen LogP contribution < -0.4 is 10.1 Å². The molecular weight excluding hydrogens is 292 g/mol. The predicted molar refractivity (Wildman–Crippen MR) is 87.7 cm³/mol. The van der Waals surface area contributed by atoms with Gasteiger partial charge in [-0.25, -0.2) is 9.97 Å². The van der Waals surface area contributed by atoms with Gasteiger partial charge in [-0.05, 0) is 37.3 Å². The highest BCUT2D eigenvalue weighted by atomic mass is 16.5. The summed E-state index contributed by atoms with van der Waals surface area (Å²) in [5.41, 5.74) is 4.01. The van der Waals surface area contributed by atoms with E-state index in [0.29, 0.717) is 23.9 Å². The molecule has 1 aliphatic rings. The molecule has 2 aromatic heterocycles. The van der Waals surface area contributed by atoms with Crippen LogP contribution in [0.15, 0.2) is 6.07 Å². The fourth-order valence-corrected chi connectivity index (χ4v) is 3.03. The van der Waals surface area contributed by atoms with Gasteiger partial charge in [-0.3, -0.25) is 4.79 Å². The van der Waals surface area contributed by atoms with Gasteiger partial charge in [0.15, 0.2) is 0 Å². The number of H-pyrrole nitrogens is 1. The molecule has 0 aliphatic carbocycles. The molecule has 0 unspecified atom stereocenters. The Labute approximate surface area is 135 Å². The minimum Gasteiger partial charge on any atom is -0.480 e. The second kappa shape index (κ2) is 5.37. The summed E-state index contributed by atoms with van der Waals surface area (Å²) in [6.07, 6.45) is 0.759. The number of rotatable bonds is 2. The van der Waals surface area contributed by atoms with Crippen molar-refractivity contribution in [2.75, 3.05) is 13.7 Å². The van der Waals surface area contributed by atoms with E-state index in [1.54, 1.807) is 7.11 Å². The average Bonchev–Trinajstić information content (AvgIpc) is 2.82. The number of aryl methyl sites for hydroxylation is 2. The number of carbonyl (C=O) groups excluding carboxylic acids is 1. The topological polar surface area (TPSA) is 79.9 Å². The van der Waals surface area contributed by atoms with Crippen molar-refractivity contribution in [3.05, 3.63) is 28.7 Å². The van der Waals surface area contributed by atoms with E-state index in [0.717, 1.165) is 28.9 Å². The predicted octanol–water partition coefficient (Wildman–Crippen LogP) is 2.41. The molecular formula is C17H22N4O2. The molecule has 0 atom stereocenters. The quantitative estimate of drug-likeness (QED) is 0.892. The number of nitrogens with one attached hydrogen (secondary N) is 2. The Morgan fingerprint density at radius 3 is 2.70 bits per heavy atom. The van der Waals surface area contributed by atoms with Gasteiger partial charge in [0.1, 0.15) is 11.5 Å². The number of fused-ring (bicyclic) bond motifs is 1. The molecule has 3 rings (SSSR count). The highest BCUT2D eigenvalue weighted by Gasteiger charge is 2.30. The third-order valence-corrected chi connectivity index (χ3v) is 4.12. The van der Waals surface area contributed by atoms with E-state index in [-0.39, 0.29) is 11.3 Å². The van der Waals surface area contributed by atoms with E-state index < -0.39 is 0 Å². The van der Waals surface area contributed by atoms with Gasteiger partial charge < -0.3 is 15.0 Å². The minimum absolute atomic E-state index is 0.0185. The fourth-order valence-electron chi connectivity index (χ4n) is 3.03.